The quantitative estimate of drug-likeness (QED) is 0.581. The fraction of sp³-hybridized carbons (Fsp3) is 0.385. The van der Waals surface area contributed by atoms with Crippen LogP contribution >= 0.6 is 0 Å². The minimum atomic E-state index is -0.585. The van der Waals surface area contributed by atoms with Crippen LogP contribution in [-0.4, -0.2) is 11.9 Å². The summed E-state index contributed by atoms with van der Waals surface area (Å²) in [6.07, 6.45) is 0. The van der Waals surface area contributed by atoms with Crippen molar-refractivity contribution < 1.29 is 14.3 Å². The molecule has 1 aromatic rings. The van der Waals surface area contributed by atoms with Crippen LogP contribution in [0.3, 0.4) is 0 Å². The lowest BCUT2D eigenvalue weighted by Crippen LogP contribution is -2.22. The molecule has 0 saturated heterocycles. The number of rotatable bonds is 3. The molecule has 1 unspecified atom stereocenters. The second-order valence-corrected chi connectivity index (χ2v) is 4.11. The molecule has 1 atom stereocenters. The predicted octanol–water partition coefficient (Wildman–Crippen LogP) is 2.66. The Balaban J connectivity index is 2.62. The summed E-state index contributed by atoms with van der Waals surface area (Å²) in [5.74, 6) is -1.16. The van der Waals surface area contributed by atoms with E-state index in [-0.39, 0.29) is 11.8 Å². The highest BCUT2D eigenvalue weighted by Crippen LogP contribution is 2.12. The van der Waals surface area contributed by atoms with E-state index in [9.17, 15) is 9.59 Å². The van der Waals surface area contributed by atoms with Gasteiger partial charge in [0.15, 0.2) is 0 Å². The third-order valence-corrected chi connectivity index (χ3v) is 2.57. The van der Waals surface area contributed by atoms with E-state index in [1.54, 1.807) is 37.3 Å². The molecule has 0 aromatic heterocycles. The lowest BCUT2D eigenvalue weighted by atomic mass is 9.99. The molecule has 0 heterocycles. The predicted molar refractivity (Wildman–Crippen MR) is 60.9 cm³/mol. The van der Waals surface area contributed by atoms with Crippen LogP contribution in [0.2, 0.25) is 0 Å². The van der Waals surface area contributed by atoms with Gasteiger partial charge in [0, 0.05) is 0 Å². The van der Waals surface area contributed by atoms with Crippen LogP contribution in [0.5, 0.6) is 0 Å². The monoisotopic (exact) mass is 220 g/mol. The number of hydrogen-bond donors (Lipinski definition) is 0. The molecular formula is C13H16O3. The van der Waals surface area contributed by atoms with E-state index in [0.29, 0.717) is 5.56 Å². The smallest absolute Gasteiger partial charge is 0.345 e. The summed E-state index contributed by atoms with van der Waals surface area (Å²) in [4.78, 5) is 23.1. The van der Waals surface area contributed by atoms with E-state index in [0.717, 1.165) is 0 Å². The van der Waals surface area contributed by atoms with Crippen LogP contribution < -0.4 is 0 Å². The summed E-state index contributed by atoms with van der Waals surface area (Å²) in [6.45, 7) is 5.59. The minimum absolute atomic E-state index is 0.163. The van der Waals surface area contributed by atoms with E-state index in [4.69, 9.17) is 4.74 Å². The Kier molecular flexibility index (Phi) is 4.23. The normalized spacial score (nSPS) is 12.2. The Labute approximate surface area is 95.4 Å². The number of carbonyl (C=O) groups excluding carboxylic acids is 2. The van der Waals surface area contributed by atoms with Crippen LogP contribution in [0.25, 0.3) is 0 Å². The number of ether oxygens (including phenoxy) is 1. The summed E-state index contributed by atoms with van der Waals surface area (Å²) in [6, 6.07) is 8.50. The van der Waals surface area contributed by atoms with E-state index in [1.165, 1.54) is 0 Å². The lowest BCUT2D eigenvalue weighted by molar-refractivity contribution is -0.143. The van der Waals surface area contributed by atoms with Crippen molar-refractivity contribution in [2.45, 2.75) is 20.8 Å². The van der Waals surface area contributed by atoms with Gasteiger partial charge in [0.2, 0.25) is 0 Å². The van der Waals surface area contributed by atoms with Crippen molar-refractivity contribution >= 4 is 11.9 Å². The molecule has 0 aliphatic heterocycles. The van der Waals surface area contributed by atoms with Gasteiger partial charge in [0.25, 0.3) is 0 Å². The van der Waals surface area contributed by atoms with Gasteiger partial charge in [-0.2, -0.15) is 0 Å². The molecule has 0 fully saturated rings. The summed E-state index contributed by atoms with van der Waals surface area (Å²) in [5, 5.41) is 0. The van der Waals surface area contributed by atoms with Gasteiger partial charge in [-0.15, -0.1) is 0 Å². The molecule has 3 heteroatoms. The van der Waals surface area contributed by atoms with Gasteiger partial charge in [0.05, 0.1) is 11.5 Å². The Morgan fingerprint density at radius 1 is 1.06 bits per heavy atom. The molecule has 0 aliphatic rings. The highest BCUT2D eigenvalue weighted by molar-refractivity contribution is 5.97. The number of benzene rings is 1. The van der Waals surface area contributed by atoms with Crippen LogP contribution in [0.4, 0.5) is 0 Å². The zero-order valence-corrected chi connectivity index (χ0v) is 9.77. The molecule has 3 nitrogen and oxygen atoms in total. The average Bonchev–Trinajstić information content (AvgIpc) is 2.28. The van der Waals surface area contributed by atoms with Crippen molar-refractivity contribution in [2.24, 2.45) is 11.8 Å². The van der Waals surface area contributed by atoms with Crippen LogP contribution in [0.15, 0.2) is 30.3 Å². The third-order valence-electron chi connectivity index (χ3n) is 2.57. The first-order valence-electron chi connectivity index (χ1n) is 5.33. The molecule has 0 aliphatic carbocycles. The first-order valence-corrected chi connectivity index (χ1v) is 5.33. The van der Waals surface area contributed by atoms with Gasteiger partial charge in [0.1, 0.15) is 0 Å². The molecule has 0 radical (unpaired) electrons. The van der Waals surface area contributed by atoms with Gasteiger partial charge in [-0.1, -0.05) is 39.0 Å². The second kappa shape index (κ2) is 5.45. The topological polar surface area (TPSA) is 43.4 Å². The molecule has 0 spiro atoms. The Bertz CT molecular complexity index is 368. The third kappa shape index (κ3) is 3.19. The maximum Gasteiger partial charge on any atom is 0.345 e. The van der Waals surface area contributed by atoms with E-state index < -0.39 is 11.9 Å². The van der Waals surface area contributed by atoms with Crippen molar-refractivity contribution in [3.63, 3.8) is 0 Å². The maximum atomic E-state index is 11.5. The zero-order chi connectivity index (χ0) is 12.1. The Morgan fingerprint density at radius 2 is 1.62 bits per heavy atom. The van der Waals surface area contributed by atoms with Crippen molar-refractivity contribution in [1.29, 1.82) is 0 Å². The molecule has 0 amide bonds. The zero-order valence-electron chi connectivity index (χ0n) is 9.77. The molecule has 1 aromatic carbocycles. The Hall–Kier alpha value is -1.64. The highest BCUT2D eigenvalue weighted by Gasteiger charge is 2.21. The Morgan fingerprint density at radius 3 is 2.12 bits per heavy atom. The second-order valence-electron chi connectivity index (χ2n) is 4.11. The fourth-order valence-electron chi connectivity index (χ4n) is 1.09. The van der Waals surface area contributed by atoms with Crippen LogP contribution in [-0.2, 0) is 9.53 Å². The highest BCUT2D eigenvalue weighted by atomic mass is 16.6. The van der Waals surface area contributed by atoms with E-state index in [1.807, 2.05) is 13.8 Å². The van der Waals surface area contributed by atoms with Crippen molar-refractivity contribution in [2.75, 3.05) is 0 Å². The average molecular weight is 220 g/mol. The van der Waals surface area contributed by atoms with Crippen molar-refractivity contribution in [3.05, 3.63) is 35.9 Å². The molecule has 0 bridgehead atoms. The van der Waals surface area contributed by atoms with Crippen LogP contribution in [0.1, 0.15) is 31.1 Å². The standard InChI is InChI=1S/C13H16O3/c1-9(2)10(3)12(14)16-13(15)11-7-5-4-6-8-11/h4-10H,1-3H3. The first kappa shape index (κ1) is 12.4. The molecule has 1 rings (SSSR count). The summed E-state index contributed by atoms with van der Waals surface area (Å²) < 4.78 is 4.78. The number of hydrogen-bond acceptors (Lipinski definition) is 3. The van der Waals surface area contributed by atoms with Gasteiger partial charge >= 0.3 is 11.9 Å². The van der Waals surface area contributed by atoms with Gasteiger partial charge in [-0.25, -0.2) is 4.79 Å². The summed E-state index contributed by atoms with van der Waals surface area (Å²) in [5.41, 5.74) is 0.395. The fourth-order valence-corrected chi connectivity index (χ4v) is 1.09. The lowest BCUT2D eigenvalue weighted by Gasteiger charge is -2.13. The van der Waals surface area contributed by atoms with Crippen molar-refractivity contribution in [3.8, 4) is 0 Å². The van der Waals surface area contributed by atoms with Crippen LogP contribution in [0, 0.1) is 11.8 Å². The minimum Gasteiger partial charge on any atom is -0.389 e. The number of esters is 2. The number of carbonyl (C=O) groups is 2. The van der Waals surface area contributed by atoms with E-state index in [2.05, 4.69) is 0 Å². The van der Waals surface area contributed by atoms with Crippen molar-refractivity contribution in [1.82, 2.24) is 0 Å². The van der Waals surface area contributed by atoms with E-state index >= 15 is 0 Å². The maximum absolute atomic E-state index is 11.5. The molecule has 0 saturated carbocycles. The largest absolute Gasteiger partial charge is 0.389 e. The van der Waals surface area contributed by atoms with Gasteiger partial charge in [-0.3, -0.25) is 4.79 Å². The SMILES string of the molecule is CC(C)C(C)C(=O)OC(=O)c1ccccc1. The van der Waals surface area contributed by atoms with Gasteiger partial charge in [-0.05, 0) is 18.1 Å². The summed E-state index contributed by atoms with van der Waals surface area (Å²) in [7, 11) is 0. The molecule has 86 valence electrons. The van der Waals surface area contributed by atoms with Gasteiger partial charge < -0.3 is 4.74 Å². The summed E-state index contributed by atoms with van der Waals surface area (Å²) >= 11 is 0. The molecule has 0 N–H and O–H groups in total. The first-order chi connectivity index (χ1) is 7.52. The molecular weight excluding hydrogens is 204 g/mol. The molecule has 16 heavy (non-hydrogen) atoms.